The lowest BCUT2D eigenvalue weighted by molar-refractivity contribution is 0.00504. The van der Waals surface area contributed by atoms with E-state index in [9.17, 15) is 0 Å². The Morgan fingerprint density at radius 2 is 0.880 bits per heavy atom. The Bertz CT molecular complexity index is 256. The normalized spacial score (nSPS) is 12.7. The highest BCUT2D eigenvalue weighted by Crippen LogP contribution is 2.18. The summed E-state index contributed by atoms with van der Waals surface area (Å²) < 4.78 is 37.6. The highest BCUT2D eigenvalue weighted by atomic mass is 28.4. The molecule has 0 atom stereocenters. The summed E-state index contributed by atoms with van der Waals surface area (Å²) in [5, 5.41) is 0. The van der Waals surface area contributed by atoms with Crippen LogP contribution < -0.4 is 0 Å². The van der Waals surface area contributed by atoms with E-state index in [2.05, 4.69) is 0 Å². The van der Waals surface area contributed by atoms with Gasteiger partial charge in [0.2, 0.25) is 0 Å². The summed E-state index contributed by atoms with van der Waals surface area (Å²) in [4.78, 5) is 0. The van der Waals surface area contributed by atoms with Gasteiger partial charge >= 0.3 is 17.9 Å². The lowest BCUT2D eigenvalue weighted by Crippen LogP contribution is -2.46. The van der Waals surface area contributed by atoms with Gasteiger partial charge in [0.05, 0.1) is 0 Å². The van der Waals surface area contributed by atoms with Crippen LogP contribution >= 0.6 is 0 Å². The second kappa shape index (κ2) is 15.2. The predicted molar refractivity (Wildman–Crippen MR) is 101 cm³/mol. The van der Waals surface area contributed by atoms with E-state index in [1.54, 1.807) is 42.7 Å². The first kappa shape index (κ1) is 25.2. The quantitative estimate of drug-likeness (QED) is 0.259. The van der Waals surface area contributed by atoms with E-state index < -0.39 is 17.9 Å². The number of hydrogen-bond acceptors (Lipinski definition) is 7. The molecule has 0 spiro atoms. The monoisotopic (exact) mass is 398 g/mol. The van der Waals surface area contributed by atoms with Crippen LogP contribution in [-0.2, 0) is 31.0 Å². The van der Waals surface area contributed by atoms with Gasteiger partial charge in [0.1, 0.15) is 0 Å². The molecular weight excluding hydrogens is 360 g/mol. The Labute approximate surface area is 156 Å². The standard InChI is InChI=1S/C16H38O7Si2/c1-17-24(18-2,19-3)16-14-12-10-8-7-9-11-13-15-23-25(20-4,21-5)22-6/h7-16H2,1-6H3. The Morgan fingerprint density at radius 3 is 1.28 bits per heavy atom. The van der Waals surface area contributed by atoms with Crippen LogP contribution in [-0.4, -0.2) is 67.1 Å². The van der Waals surface area contributed by atoms with Crippen molar-refractivity contribution in [1.82, 2.24) is 0 Å². The van der Waals surface area contributed by atoms with Crippen molar-refractivity contribution in [3.63, 3.8) is 0 Å². The van der Waals surface area contributed by atoms with Crippen LogP contribution in [0.1, 0.15) is 51.4 Å². The average molecular weight is 399 g/mol. The van der Waals surface area contributed by atoms with Gasteiger partial charge in [0.15, 0.2) is 0 Å². The van der Waals surface area contributed by atoms with Gasteiger partial charge in [-0.15, -0.1) is 0 Å². The largest absolute Gasteiger partial charge is 0.678 e. The summed E-state index contributed by atoms with van der Waals surface area (Å²) in [6.45, 7) is 0.611. The van der Waals surface area contributed by atoms with E-state index in [1.807, 2.05) is 0 Å². The molecule has 0 aromatic carbocycles. The number of hydrogen-bond donors (Lipinski definition) is 0. The average Bonchev–Trinajstić information content (AvgIpc) is 2.67. The summed E-state index contributed by atoms with van der Waals surface area (Å²) in [5.41, 5.74) is 0. The zero-order valence-corrected chi connectivity index (χ0v) is 18.9. The molecule has 152 valence electrons. The smallest absolute Gasteiger partial charge is 0.377 e. The summed E-state index contributed by atoms with van der Waals surface area (Å²) in [7, 11) is 4.43. The molecule has 0 rings (SSSR count). The first-order valence-electron chi connectivity index (χ1n) is 9.02. The number of rotatable bonds is 18. The first-order valence-corrected chi connectivity index (χ1v) is 12.6. The van der Waals surface area contributed by atoms with Gasteiger partial charge in [-0.25, -0.2) is 0 Å². The third-order valence-electron chi connectivity index (χ3n) is 4.34. The summed E-state index contributed by atoms with van der Waals surface area (Å²) in [5.74, 6) is 0. The predicted octanol–water partition coefficient (Wildman–Crippen LogP) is 3.38. The zero-order valence-electron chi connectivity index (χ0n) is 16.9. The van der Waals surface area contributed by atoms with Crippen LogP contribution in [0.25, 0.3) is 0 Å². The minimum Gasteiger partial charge on any atom is -0.377 e. The molecule has 0 saturated carbocycles. The number of unbranched alkanes of at least 4 members (excludes halogenated alkanes) is 7. The van der Waals surface area contributed by atoms with Crippen molar-refractivity contribution in [3.8, 4) is 0 Å². The molecule has 7 nitrogen and oxygen atoms in total. The van der Waals surface area contributed by atoms with Crippen LogP contribution in [0.2, 0.25) is 6.04 Å². The third-order valence-corrected chi connectivity index (χ3v) is 9.23. The van der Waals surface area contributed by atoms with E-state index in [1.165, 1.54) is 32.1 Å². The van der Waals surface area contributed by atoms with Gasteiger partial charge in [0.25, 0.3) is 0 Å². The molecule has 9 heteroatoms. The molecule has 0 N–H and O–H groups in total. The molecule has 0 aliphatic rings. The molecule has 0 fully saturated rings. The SMILES string of the molecule is CO[Si](CCCCCCCCCCO[Si](OC)(OC)OC)(OC)OC. The Balaban J connectivity index is 3.54. The molecule has 0 saturated heterocycles. The molecule has 0 radical (unpaired) electrons. The van der Waals surface area contributed by atoms with Crippen molar-refractivity contribution in [2.75, 3.05) is 49.3 Å². The summed E-state index contributed by atoms with van der Waals surface area (Å²) in [6.07, 6.45) is 9.40. The van der Waals surface area contributed by atoms with E-state index in [4.69, 9.17) is 31.0 Å². The lowest BCUT2D eigenvalue weighted by atomic mass is 10.1. The van der Waals surface area contributed by atoms with Gasteiger partial charge < -0.3 is 31.0 Å². The lowest BCUT2D eigenvalue weighted by Gasteiger charge is -2.24. The highest BCUT2D eigenvalue weighted by molar-refractivity contribution is 6.60. The Kier molecular flexibility index (Phi) is 15.3. The minimum atomic E-state index is -2.86. The minimum absolute atomic E-state index is 0.611. The topological polar surface area (TPSA) is 64.6 Å². The molecular formula is C16H38O7Si2. The maximum absolute atomic E-state index is 5.64. The molecule has 0 aliphatic carbocycles. The van der Waals surface area contributed by atoms with E-state index >= 15 is 0 Å². The van der Waals surface area contributed by atoms with E-state index in [0.29, 0.717) is 6.61 Å². The van der Waals surface area contributed by atoms with Gasteiger partial charge in [-0.3, -0.25) is 0 Å². The summed E-state index contributed by atoms with van der Waals surface area (Å²) >= 11 is 0. The second-order valence-electron chi connectivity index (χ2n) is 5.83. The molecule has 0 bridgehead atoms. The Morgan fingerprint density at radius 1 is 0.480 bits per heavy atom. The van der Waals surface area contributed by atoms with Crippen LogP contribution in [0.5, 0.6) is 0 Å². The van der Waals surface area contributed by atoms with Crippen molar-refractivity contribution in [3.05, 3.63) is 0 Å². The fourth-order valence-electron chi connectivity index (χ4n) is 2.68. The van der Waals surface area contributed by atoms with Crippen LogP contribution in [0.15, 0.2) is 0 Å². The Hall–Kier alpha value is 0.154. The van der Waals surface area contributed by atoms with E-state index in [0.717, 1.165) is 25.3 Å². The summed E-state index contributed by atoms with van der Waals surface area (Å²) in [6, 6.07) is 0.887. The van der Waals surface area contributed by atoms with Gasteiger partial charge in [-0.1, -0.05) is 38.5 Å². The fraction of sp³-hybridized carbons (Fsp3) is 1.00. The zero-order chi connectivity index (χ0) is 19.0. The highest BCUT2D eigenvalue weighted by Gasteiger charge is 2.41. The van der Waals surface area contributed by atoms with Crippen molar-refractivity contribution in [2.45, 2.75) is 57.4 Å². The molecule has 0 aliphatic heterocycles. The van der Waals surface area contributed by atoms with Crippen molar-refractivity contribution in [2.24, 2.45) is 0 Å². The molecule has 0 aromatic rings. The van der Waals surface area contributed by atoms with Crippen molar-refractivity contribution < 1.29 is 31.0 Å². The maximum Gasteiger partial charge on any atom is 0.678 e. The van der Waals surface area contributed by atoms with Crippen molar-refractivity contribution >= 4 is 17.9 Å². The van der Waals surface area contributed by atoms with Crippen LogP contribution in [0, 0.1) is 0 Å². The van der Waals surface area contributed by atoms with E-state index in [-0.39, 0.29) is 0 Å². The van der Waals surface area contributed by atoms with Crippen LogP contribution in [0.3, 0.4) is 0 Å². The first-order chi connectivity index (χ1) is 12.1. The van der Waals surface area contributed by atoms with Crippen LogP contribution in [0.4, 0.5) is 0 Å². The second-order valence-corrected chi connectivity index (χ2v) is 11.4. The molecule has 0 aromatic heterocycles. The van der Waals surface area contributed by atoms with Crippen molar-refractivity contribution in [1.29, 1.82) is 0 Å². The molecule has 0 heterocycles. The maximum atomic E-state index is 5.64. The molecule has 0 amide bonds. The van der Waals surface area contributed by atoms with Gasteiger partial charge in [-0.05, 0) is 12.8 Å². The molecule has 25 heavy (non-hydrogen) atoms. The van der Waals surface area contributed by atoms with Gasteiger partial charge in [0, 0.05) is 55.3 Å². The van der Waals surface area contributed by atoms with Gasteiger partial charge in [-0.2, -0.15) is 0 Å². The third kappa shape index (κ3) is 10.2. The molecule has 0 unspecified atom stereocenters. The fourth-order valence-corrected chi connectivity index (χ4v) is 5.73.